The molecule has 1 aliphatic rings. The van der Waals surface area contributed by atoms with E-state index in [0.29, 0.717) is 47.6 Å². The maximum absolute atomic E-state index is 12.7. The first kappa shape index (κ1) is 40.6. The third kappa shape index (κ3) is 9.55. The molecule has 0 radical (unpaired) electrons. The summed E-state index contributed by atoms with van der Waals surface area (Å²) >= 11 is 0. The van der Waals surface area contributed by atoms with Crippen molar-refractivity contribution in [1.82, 2.24) is 9.80 Å². The highest BCUT2D eigenvalue weighted by Gasteiger charge is 2.49. The lowest BCUT2D eigenvalue weighted by Gasteiger charge is -2.47. The van der Waals surface area contributed by atoms with Gasteiger partial charge in [0.15, 0.2) is 23.0 Å². The van der Waals surface area contributed by atoms with E-state index in [9.17, 15) is 16.8 Å². The summed E-state index contributed by atoms with van der Waals surface area (Å²) in [6, 6.07) is 22.7. The molecule has 0 amide bonds. The van der Waals surface area contributed by atoms with Crippen LogP contribution in [0, 0.1) is 0 Å². The SMILES string of the molecule is COc1cc(-c2ccc(CN3CCN(Cc4ccc(-c5cc(OC)c(OC)c(OC)c5)cc4)C(OS(C)(=O)=O)(OS(C)(=O)=O)C3)cc2)cc(OC)c1OC. The molecule has 4 aromatic rings. The van der Waals surface area contributed by atoms with Gasteiger partial charge < -0.3 is 28.4 Å². The molecule has 1 heterocycles. The molecule has 54 heavy (non-hydrogen) atoms. The van der Waals surface area contributed by atoms with Gasteiger partial charge in [0, 0.05) is 26.2 Å². The minimum absolute atomic E-state index is 0.123. The Morgan fingerprint density at radius 1 is 0.519 bits per heavy atom. The van der Waals surface area contributed by atoms with Gasteiger partial charge >= 0.3 is 0 Å². The van der Waals surface area contributed by atoms with E-state index in [1.54, 1.807) is 40.4 Å². The number of rotatable bonds is 16. The van der Waals surface area contributed by atoms with Gasteiger partial charge in [-0.3, -0.25) is 4.90 Å². The average molecular weight is 787 g/mol. The van der Waals surface area contributed by atoms with Gasteiger partial charge in [-0.2, -0.15) is 16.8 Å². The normalized spacial score (nSPS) is 15.0. The van der Waals surface area contributed by atoms with Crippen LogP contribution in [0.2, 0.25) is 0 Å². The van der Waals surface area contributed by atoms with Gasteiger partial charge in [-0.05, 0) is 57.6 Å². The Labute approximate surface area is 317 Å². The van der Waals surface area contributed by atoms with Gasteiger partial charge in [-0.25, -0.2) is 13.3 Å². The van der Waals surface area contributed by atoms with E-state index in [-0.39, 0.29) is 19.6 Å². The van der Waals surface area contributed by atoms with Gasteiger partial charge in [0.25, 0.3) is 26.1 Å². The van der Waals surface area contributed by atoms with Crippen LogP contribution < -0.4 is 28.4 Å². The molecular formula is C38H46N2O12S2. The summed E-state index contributed by atoms with van der Waals surface area (Å²) in [5, 5.41) is 0. The number of methoxy groups -OCH3 is 6. The van der Waals surface area contributed by atoms with Crippen molar-refractivity contribution in [3.05, 3.63) is 83.9 Å². The van der Waals surface area contributed by atoms with E-state index < -0.39 is 26.1 Å². The number of ether oxygens (including phenoxy) is 6. The molecule has 0 saturated carbocycles. The Balaban J connectivity index is 1.40. The summed E-state index contributed by atoms with van der Waals surface area (Å²) in [6.45, 7) is 0.974. The summed E-state index contributed by atoms with van der Waals surface area (Å²) in [5.74, 6) is 0.842. The third-order valence-corrected chi connectivity index (χ3v) is 9.96. The summed E-state index contributed by atoms with van der Waals surface area (Å²) in [4.78, 5) is 3.49. The highest BCUT2D eigenvalue weighted by atomic mass is 32.2. The zero-order valence-corrected chi connectivity index (χ0v) is 33.2. The zero-order chi connectivity index (χ0) is 39.3. The van der Waals surface area contributed by atoms with Crippen LogP contribution in [0.4, 0.5) is 0 Å². The molecule has 14 nitrogen and oxygen atoms in total. The number of benzene rings is 4. The lowest BCUT2D eigenvalue weighted by atomic mass is 10.0. The smallest absolute Gasteiger partial charge is 0.275 e. The van der Waals surface area contributed by atoms with E-state index in [0.717, 1.165) is 45.9 Å². The largest absolute Gasteiger partial charge is 0.493 e. The first-order valence-electron chi connectivity index (χ1n) is 16.7. The number of piperazine rings is 1. The Kier molecular flexibility index (Phi) is 12.7. The Morgan fingerprint density at radius 3 is 1.22 bits per heavy atom. The Hall–Kier alpha value is -4.58. The molecule has 292 valence electrons. The minimum atomic E-state index is -4.21. The first-order valence-corrected chi connectivity index (χ1v) is 20.3. The van der Waals surface area contributed by atoms with Gasteiger partial charge in [-0.1, -0.05) is 48.5 Å². The number of hydrogen-bond acceptors (Lipinski definition) is 14. The minimum Gasteiger partial charge on any atom is -0.493 e. The van der Waals surface area contributed by atoms with E-state index in [2.05, 4.69) is 0 Å². The van der Waals surface area contributed by atoms with Crippen LogP contribution in [0.25, 0.3) is 22.3 Å². The van der Waals surface area contributed by atoms with Crippen molar-refractivity contribution in [2.45, 2.75) is 19.0 Å². The average Bonchev–Trinajstić information content (AvgIpc) is 3.13. The van der Waals surface area contributed by atoms with Gasteiger partial charge in [0.05, 0.1) is 61.7 Å². The van der Waals surface area contributed by atoms with Crippen LogP contribution >= 0.6 is 0 Å². The molecule has 0 bridgehead atoms. The molecular weight excluding hydrogens is 741 g/mol. The highest BCUT2D eigenvalue weighted by Crippen LogP contribution is 2.43. The summed E-state index contributed by atoms with van der Waals surface area (Å²) in [5.41, 5.74) is 5.08. The summed E-state index contributed by atoms with van der Waals surface area (Å²) < 4.78 is 94.9. The third-order valence-electron chi connectivity index (χ3n) is 8.84. The molecule has 1 aliphatic heterocycles. The molecule has 16 heteroatoms. The van der Waals surface area contributed by atoms with Crippen LogP contribution in [-0.4, -0.2) is 107 Å². The van der Waals surface area contributed by atoms with Crippen molar-refractivity contribution in [1.29, 1.82) is 0 Å². The molecule has 1 saturated heterocycles. The van der Waals surface area contributed by atoms with E-state index >= 15 is 0 Å². The van der Waals surface area contributed by atoms with E-state index in [1.807, 2.05) is 77.7 Å². The molecule has 0 aromatic heterocycles. The van der Waals surface area contributed by atoms with Crippen LogP contribution in [0.5, 0.6) is 34.5 Å². The highest BCUT2D eigenvalue weighted by molar-refractivity contribution is 7.86. The van der Waals surface area contributed by atoms with Gasteiger partial charge in [0.2, 0.25) is 11.5 Å². The number of hydrogen-bond donors (Lipinski definition) is 0. The van der Waals surface area contributed by atoms with Gasteiger partial charge in [0.1, 0.15) is 0 Å². The van der Waals surface area contributed by atoms with Crippen molar-refractivity contribution >= 4 is 20.2 Å². The fourth-order valence-electron chi connectivity index (χ4n) is 6.45. The van der Waals surface area contributed by atoms with Crippen molar-refractivity contribution in [3.63, 3.8) is 0 Å². The number of nitrogens with zero attached hydrogens (tertiary/aromatic N) is 2. The summed E-state index contributed by atoms with van der Waals surface area (Å²) in [7, 11) is 0.856. The molecule has 1 fully saturated rings. The zero-order valence-electron chi connectivity index (χ0n) is 31.6. The van der Waals surface area contributed by atoms with Crippen LogP contribution in [-0.2, 0) is 41.7 Å². The van der Waals surface area contributed by atoms with Crippen LogP contribution in [0.1, 0.15) is 11.1 Å². The lowest BCUT2D eigenvalue weighted by molar-refractivity contribution is -0.251. The van der Waals surface area contributed by atoms with Crippen molar-refractivity contribution in [2.75, 3.05) is 74.8 Å². The molecule has 5 rings (SSSR count). The second-order valence-corrected chi connectivity index (χ2v) is 15.8. The molecule has 0 aliphatic carbocycles. The second-order valence-electron chi connectivity index (χ2n) is 12.6. The lowest BCUT2D eigenvalue weighted by Crippen LogP contribution is -2.65. The predicted octanol–water partition coefficient (Wildman–Crippen LogP) is 5.00. The fraction of sp³-hybridized carbons (Fsp3) is 0.368. The van der Waals surface area contributed by atoms with E-state index in [1.165, 1.54) is 7.11 Å². The standard InChI is InChI=1S/C38H46N2O12S2/c1-45-32-19-30(20-33(46-2)36(32)49-5)28-13-9-26(10-14-28)23-39-17-18-40(38(25-39,51-53(7,41)42)52-54(8,43)44)24-27-11-15-29(16-12-27)31-21-34(47-3)37(50-6)35(22-31)48-4/h9-16,19-22H,17-18,23-25H2,1-8H3. The quantitative estimate of drug-likeness (QED) is 0.111. The fourth-order valence-corrected chi connectivity index (χ4v) is 7.83. The molecule has 4 aromatic carbocycles. The van der Waals surface area contributed by atoms with Crippen LogP contribution in [0.15, 0.2) is 72.8 Å². The van der Waals surface area contributed by atoms with Crippen molar-refractivity contribution < 1.29 is 53.6 Å². The second kappa shape index (κ2) is 16.8. The molecule has 0 N–H and O–H groups in total. The van der Waals surface area contributed by atoms with E-state index in [4.69, 9.17) is 36.8 Å². The monoisotopic (exact) mass is 786 g/mol. The Bertz CT molecular complexity index is 2060. The molecule has 0 atom stereocenters. The van der Waals surface area contributed by atoms with Crippen LogP contribution in [0.3, 0.4) is 0 Å². The first-order chi connectivity index (χ1) is 25.6. The predicted molar refractivity (Wildman–Crippen MR) is 203 cm³/mol. The van der Waals surface area contributed by atoms with Crippen molar-refractivity contribution in [2.24, 2.45) is 0 Å². The van der Waals surface area contributed by atoms with Crippen molar-refractivity contribution in [3.8, 4) is 56.8 Å². The summed E-state index contributed by atoms with van der Waals surface area (Å²) in [6.07, 6.45) is 1.73. The molecule has 0 spiro atoms. The molecule has 0 unspecified atom stereocenters. The maximum atomic E-state index is 12.7. The Morgan fingerprint density at radius 2 is 0.889 bits per heavy atom. The maximum Gasteiger partial charge on any atom is 0.275 e. The van der Waals surface area contributed by atoms with Gasteiger partial charge in [-0.15, -0.1) is 0 Å². The topological polar surface area (TPSA) is 149 Å².